The number of alkyl halides is 2. The summed E-state index contributed by atoms with van der Waals surface area (Å²) in [6, 6.07) is 3.15. The second-order valence-corrected chi connectivity index (χ2v) is 9.01. The Kier molecular flexibility index (Phi) is 7.10. The highest BCUT2D eigenvalue weighted by Crippen LogP contribution is 2.31. The molecule has 0 spiro atoms. The number of carbonyl (C=O) groups is 1. The van der Waals surface area contributed by atoms with Crippen LogP contribution in [-0.2, 0) is 29.1 Å². The number of halogens is 3. The SMILES string of the molecule is CC.Cn1cc(-n2cc(CC(F)(F)C(=O)N3CCS(=O)CC3)c3ccc(Cl)nc32)cn1. The first kappa shape index (κ1) is 23.3. The van der Waals surface area contributed by atoms with Crippen LogP contribution in [0.5, 0.6) is 0 Å². The molecule has 1 fully saturated rings. The maximum Gasteiger partial charge on any atom is 0.328 e. The molecule has 1 aliphatic heterocycles. The predicted molar refractivity (Wildman–Crippen MR) is 117 cm³/mol. The van der Waals surface area contributed by atoms with Crippen molar-refractivity contribution in [3.05, 3.63) is 41.4 Å². The van der Waals surface area contributed by atoms with Crippen molar-refractivity contribution in [2.75, 3.05) is 24.6 Å². The maximum atomic E-state index is 14.9. The monoisotopic (exact) mass is 471 g/mol. The zero-order valence-corrected chi connectivity index (χ0v) is 19.1. The van der Waals surface area contributed by atoms with Gasteiger partial charge < -0.3 is 4.90 Å². The van der Waals surface area contributed by atoms with Crippen LogP contribution in [0.15, 0.2) is 30.7 Å². The highest BCUT2D eigenvalue weighted by atomic mass is 35.5. The molecule has 31 heavy (non-hydrogen) atoms. The summed E-state index contributed by atoms with van der Waals surface area (Å²) in [6.07, 6.45) is 4.09. The van der Waals surface area contributed by atoms with Gasteiger partial charge in [-0.05, 0) is 17.7 Å². The van der Waals surface area contributed by atoms with Gasteiger partial charge in [0.05, 0.1) is 11.9 Å². The topological polar surface area (TPSA) is 73.0 Å². The first-order valence-corrected chi connectivity index (χ1v) is 11.8. The van der Waals surface area contributed by atoms with Gasteiger partial charge in [0.1, 0.15) is 10.8 Å². The molecule has 0 atom stereocenters. The number of aryl methyl sites for hydroxylation is 1. The van der Waals surface area contributed by atoms with Crippen molar-refractivity contribution >= 4 is 39.3 Å². The maximum absolute atomic E-state index is 14.9. The normalized spacial score (nSPS) is 15.1. The van der Waals surface area contributed by atoms with Crippen LogP contribution in [0.3, 0.4) is 0 Å². The molecule has 0 aromatic carbocycles. The number of hydrogen-bond acceptors (Lipinski definition) is 4. The quantitative estimate of drug-likeness (QED) is 0.548. The van der Waals surface area contributed by atoms with Crippen molar-refractivity contribution in [3.8, 4) is 5.69 Å². The average Bonchev–Trinajstić information content (AvgIpc) is 3.32. The molecule has 3 aromatic rings. The van der Waals surface area contributed by atoms with E-state index in [-0.39, 0.29) is 35.3 Å². The molecule has 4 heterocycles. The van der Waals surface area contributed by atoms with Crippen LogP contribution < -0.4 is 0 Å². The summed E-state index contributed by atoms with van der Waals surface area (Å²) in [5.74, 6) is -4.37. The van der Waals surface area contributed by atoms with E-state index in [1.54, 1.807) is 34.8 Å². The van der Waals surface area contributed by atoms with E-state index in [9.17, 15) is 17.8 Å². The minimum Gasteiger partial charge on any atom is -0.336 e. The fourth-order valence-electron chi connectivity index (χ4n) is 3.40. The molecule has 0 saturated carbocycles. The van der Waals surface area contributed by atoms with E-state index in [0.717, 1.165) is 4.90 Å². The zero-order chi connectivity index (χ0) is 22.8. The zero-order valence-electron chi connectivity index (χ0n) is 17.5. The van der Waals surface area contributed by atoms with Gasteiger partial charge >= 0.3 is 5.92 Å². The fraction of sp³-hybridized carbons (Fsp3) is 0.450. The van der Waals surface area contributed by atoms with Crippen molar-refractivity contribution in [2.45, 2.75) is 26.2 Å². The van der Waals surface area contributed by atoms with E-state index in [1.165, 1.54) is 12.3 Å². The van der Waals surface area contributed by atoms with Gasteiger partial charge in [-0.15, -0.1) is 0 Å². The molecule has 0 N–H and O–H groups in total. The van der Waals surface area contributed by atoms with Gasteiger partial charge in [0, 0.05) is 66.6 Å². The summed E-state index contributed by atoms with van der Waals surface area (Å²) < 4.78 is 44.4. The van der Waals surface area contributed by atoms with Gasteiger partial charge in [-0.1, -0.05) is 25.4 Å². The number of carbonyl (C=O) groups excluding carboxylic acids is 1. The lowest BCUT2D eigenvalue weighted by atomic mass is 10.1. The van der Waals surface area contributed by atoms with Crippen LogP contribution in [0.25, 0.3) is 16.7 Å². The average molecular weight is 472 g/mol. The third-order valence-electron chi connectivity index (χ3n) is 4.86. The summed E-state index contributed by atoms with van der Waals surface area (Å²) in [5, 5.41) is 4.83. The van der Waals surface area contributed by atoms with Crippen molar-refractivity contribution in [1.82, 2.24) is 24.2 Å². The van der Waals surface area contributed by atoms with Gasteiger partial charge in [-0.3, -0.25) is 18.3 Å². The molecular weight excluding hydrogens is 448 g/mol. The number of aromatic nitrogens is 4. The van der Waals surface area contributed by atoms with E-state index in [4.69, 9.17) is 11.6 Å². The lowest BCUT2D eigenvalue weighted by molar-refractivity contribution is -0.156. The van der Waals surface area contributed by atoms with E-state index in [2.05, 4.69) is 10.1 Å². The van der Waals surface area contributed by atoms with Crippen molar-refractivity contribution in [2.24, 2.45) is 7.05 Å². The molecule has 1 saturated heterocycles. The molecule has 4 rings (SSSR count). The van der Waals surface area contributed by atoms with Crippen LogP contribution in [0, 0.1) is 0 Å². The molecule has 0 aliphatic carbocycles. The summed E-state index contributed by atoms with van der Waals surface area (Å²) in [4.78, 5) is 17.8. The largest absolute Gasteiger partial charge is 0.336 e. The lowest BCUT2D eigenvalue weighted by Crippen LogP contribution is -2.50. The molecule has 0 radical (unpaired) electrons. The predicted octanol–water partition coefficient (Wildman–Crippen LogP) is 3.21. The molecule has 11 heteroatoms. The Morgan fingerprint density at radius 1 is 1.23 bits per heavy atom. The van der Waals surface area contributed by atoms with E-state index < -0.39 is 29.1 Å². The molecule has 1 aliphatic rings. The standard InChI is InChI=1S/C18H18ClF2N5O2S.C2H6/c1-24-11-13(9-22-24)26-10-12(14-2-3-15(19)23-16(14)26)8-18(20,21)17(27)25-4-6-29(28)7-5-25;1-2/h2-3,9-11H,4-8H2,1H3;1-2H3. The van der Waals surface area contributed by atoms with E-state index in [1.807, 2.05) is 13.8 Å². The number of pyridine rings is 1. The minimum absolute atomic E-state index is 0.0790. The number of fused-ring (bicyclic) bond motifs is 1. The Balaban J connectivity index is 0.00000132. The minimum atomic E-state index is -3.59. The lowest BCUT2D eigenvalue weighted by Gasteiger charge is -2.29. The molecule has 3 aromatic heterocycles. The highest BCUT2D eigenvalue weighted by Gasteiger charge is 2.43. The Bertz CT molecular complexity index is 1100. The summed E-state index contributed by atoms with van der Waals surface area (Å²) in [6.45, 7) is 4.16. The van der Waals surface area contributed by atoms with Crippen LogP contribution >= 0.6 is 11.6 Å². The van der Waals surface area contributed by atoms with Gasteiger partial charge in [0.25, 0.3) is 5.91 Å². The second kappa shape index (κ2) is 9.44. The first-order chi connectivity index (χ1) is 14.7. The van der Waals surface area contributed by atoms with E-state index in [0.29, 0.717) is 16.7 Å². The second-order valence-electron chi connectivity index (χ2n) is 6.92. The van der Waals surface area contributed by atoms with Crippen LogP contribution in [0.2, 0.25) is 5.15 Å². The summed E-state index contributed by atoms with van der Waals surface area (Å²) in [5.41, 5.74) is 1.34. The third-order valence-corrected chi connectivity index (χ3v) is 6.35. The van der Waals surface area contributed by atoms with Gasteiger partial charge in [-0.25, -0.2) is 4.98 Å². The number of rotatable bonds is 4. The smallest absolute Gasteiger partial charge is 0.328 e. The Hall–Kier alpha value is -2.33. The number of nitrogens with zero attached hydrogens (tertiary/aromatic N) is 5. The van der Waals surface area contributed by atoms with Crippen LogP contribution in [-0.4, -0.2) is 64.9 Å². The number of amides is 1. The molecular formula is C20H24ClF2N5O2S. The number of hydrogen-bond donors (Lipinski definition) is 0. The van der Waals surface area contributed by atoms with Crippen LogP contribution in [0.4, 0.5) is 8.78 Å². The Morgan fingerprint density at radius 3 is 2.52 bits per heavy atom. The molecule has 0 unspecified atom stereocenters. The van der Waals surface area contributed by atoms with Gasteiger partial charge in [-0.2, -0.15) is 13.9 Å². The van der Waals surface area contributed by atoms with Crippen LogP contribution in [0.1, 0.15) is 19.4 Å². The summed E-state index contributed by atoms with van der Waals surface area (Å²) >= 11 is 6.01. The van der Waals surface area contributed by atoms with Crippen molar-refractivity contribution in [1.29, 1.82) is 0 Å². The Morgan fingerprint density at radius 2 is 1.90 bits per heavy atom. The highest BCUT2D eigenvalue weighted by molar-refractivity contribution is 7.85. The van der Waals surface area contributed by atoms with E-state index >= 15 is 0 Å². The van der Waals surface area contributed by atoms with Crippen molar-refractivity contribution < 1.29 is 17.8 Å². The molecule has 7 nitrogen and oxygen atoms in total. The molecule has 0 bridgehead atoms. The van der Waals surface area contributed by atoms with Gasteiger partial charge in [0.15, 0.2) is 0 Å². The first-order valence-electron chi connectivity index (χ1n) is 9.92. The Labute approximate surface area is 186 Å². The van der Waals surface area contributed by atoms with Crippen molar-refractivity contribution in [3.63, 3.8) is 0 Å². The summed E-state index contributed by atoms with van der Waals surface area (Å²) in [7, 11) is 0.695. The molecule has 1 amide bonds. The third kappa shape index (κ3) is 4.95. The fourth-order valence-corrected chi connectivity index (χ4v) is 4.60. The van der Waals surface area contributed by atoms with Gasteiger partial charge in [0.2, 0.25) is 0 Å². The molecule has 168 valence electrons.